The predicted octanol–water partition coefficient (Wildman–Crippen LogP) is -5.53. The molecule has 0 aliphatic carbocycles. The molecule has 9 N–H and O–H groups in total. The van der Waals surface area contributed by atoms with Crippen molar-refractivity contribution in [2.45, 2.75) is 61.4 Å². The van der Waals surface area contributed by atoms with Gasteiger partial charge in [-0.3, -0.25) is 0 Å². The van der Waals surface area contributed by atoms with Gasteiger partial charge in [-0.2, -0.15) is 0 Å². The van der Waals surface area contributed by atoms with Gasteiger partial charge in [0.25, 0.3) is 0 Å². The molecule has 0 radical (unpaired) electrons. The van der Waals surface area contributed by atoms with E-state index < -0.39 is 74.6 Å². The van der Waals surface area contributed by atoms with E-state index in [0.717, 1.165) is 7.11 Å². The Balaban J connectivity index is 0.000000478. The summed E-state index contributed by atoms with van der Waals surface area (Å²) in [6.45, 7) is -0.879. The minimum absolute atomic E-state index is 0.440. The van der Waals surface area contributed by atoms with E-state index in [4.69, 9.17) is 34.3 Å². The van der Waals surface area contributed by atoms with E-state index in [-0.39, 0.29) is 0 Å². The number of hydrogen-bond acceptors (Lipinski definition) is 13. The highest BCUT2D eigenvalue weighted by Crippen LogP contribution is 2.22. The first kappa shape index (κ1) is 27.5. The summed E-state index contributed by atoms with van der Waals surface area (Å²) in [6.07, 6.45) is -11.8. The van der Waals surface area contributed by atoms with Gasteiger partial charge >= 0.3 is 0 Å². The van der Waals surface area contributed by atoms with Crippen molar-refractivity contribution < 1.29 is 64.9 Å². The maximum atomic E-state index is 9.28. The van der Waals surface area contributed by atoms with E-state index in [2.05, 4.69) is 0 Å². The van der Waals surface area contributed by atoms with Gasteiger partial charge in [-0.25, -0.2) is 0 Å². The molecular formula is C15H32O13. The smallest absolute Gasteiger partial charge is 0.186 e. The Labute approximate surface area is 161 Å². The van der Waals surface area contributed by atoms with E-state index >= 15 is 0 Å². The van der Waals surface area contributed by atoms with Gasteiger partial charge in [-0.05, 0) is 0 Å². The molecule has 2 aliphatic rings. The quantitative estimate of drug-likeness (QED) is 0.207. The van der Waals surface area contributed by atoms with Crippen LogP contribution in [0.25, 0.3) is 0 Å². The summed E-state index contributed by atoms with van der Waals surface area (Å²) in [4.78, 5) is 0. The fraction of sp³-hybridized carbons (Fsp3) is 1.00. The Morgan fingerprint density at radius 2 is 0.857 bits per heavy atom. The van der Waals surface area contributed by atoms with Crippen LogP contribution in [0.15, 0.2) is 0 Å². The molecule has 0 aromatic heterocycles. The van der Waals surface area contributed by atoms with Crippen LogP contribution in [0, 0.1) is 0 Å². The van der Waals surface area contributed by atoms with Gasteiger partial charge in [0.2, 0.25) is 0 Å². The number of rotatable bonds is 4. The Bertz CT molecular complexity index is 324. The standard InChI is InChI=1S/2C7H14O6.CH4O/c2*1-12-7-6(11)5(10)4(9)3(2-8)13-7;1-2/h2*3-11H,2H2,1H3;2H,1H3. The second-order valence-corrected chi connectivity index (χ2v) is 5.87. The van der Waals surface area contributed by atoms with Gasteiger partial charge in [0.05, 0.1) is 13.2 Å². The van der Waals surface area contributed by atoms with E-state index in [1.807, 2.05) is 0 Å². The molecule has 0 aromatic carbocycles. The molecular weight excluding hydrogens is 388 g/mol. The Morgan fingerprint density at radius 1 is 0.571 bits per heavy atom. The number of methoxy groups -OCH3 is 2. The van der Waals surface area contributed by atoms with Gasteiger partial charge in [-0.1, -0.05) is 0 Å². The van der Waals surface area contributed by atoms with Crippen LogP contribution in [0.2, 0.25) is 0 Å². The molecule has 10 unspecified atom stereocenters. The summed E-state index contributed by atoms with van der Waals surface area (Å²) in [5.74, 6) is 0. The molecule has 2 fully saturated rings. The highest BCUT2D eigenvalue weighted by molar-refractivity contribution is 4.89. The summed E-state index contributed by atoms with van der Waals surface area (Å²) in [5, 5.41) is 80.1. The van der Waals surface area contributed by atoms with Crippen LogP contribution in [-0.2, 0) is 18.9 Å². The minimum Gasteiger partial charge on any atom is -0.400 e. The molecule has 0 spiro atoms. The highest BCUT2D eigenvalue weighted by atomic mass is 16.7. The van der Waals surface area contributed by atoms with Crippen LogP contribution in [-0.4, -0.2) is 142 Å². The third-order valence-electron chi connectivity index (χ3n) is 4.16. The van der Waals surface area contributed by atoms with E-state index in [1.54, 1.807) is 0 Å². The molecule has 10 atom stereocenters. The van der Waals surface area contributed by atoms with E-state index in [9.17, 15) is 30.6 Å². The van der Waals surface area contributed by atoms with Gasteiger partial charge in [0, 0.05) is 21.3 Å². The van der Waals surface area contributed by atoms with Crippen LogP contribution in [0.5, 0.6) is 0 Å². The molecule has 170 valence electrons. The lowest BCUT2D eigenvalue weighted by Crippen LogP contribution is -2.58. The monoisotopic (exact) mass is 420 g/mol. The molecule has 0 aromatic rings. The van der Waals surface area contributed by atoms with Gasteiger partial charge in [0.1, 0.15) is 48.8 Å². The lowest BCUT2D eigenvalue weighted by Gasteiger charge is -2.38. The van der Waals surface area contributed by atoms with Crippen molar-refractivity contribution in [3.63, 3.8) is 0 Å². The Hall–Kier alpha value is -0.520. The Kier molecular flexibility index (Phi) is 13.4. The van der Waals surface area contributed by atoms with E-state index in [1.165, 1.54) is 14.2 Å². The molecule has 0 bridgehead atoms. The second kappa shape index (κ2) is 13.7. The lowest BCUT2D eigenvalue weighted by atomic mass is 9.99. The van der Waals surface area contributed by atoms with Crippen molar-refractivity contribution in [1.29, 1.82) is 0 Å². The molecule has 28 heavy (non-hydrogen) atoms. The molecule has 0 saturated carbocycles. The summed E-state index contributed by atoms with van der Waals surface area (Å²) in [7, 11) is 3.60. The normalized spacial score (nSPS) is 43.3. The maximum absolute atomic E-state index is 9.28. The van der Waals surface area contributed by atoms with Crippen molar-refractivity contribution in [3.05, 3.63) is 0 Å². The largest absolute Gasteiger partial charge is 0.400 e. The van der Waals surface area contributed by atoms with Crippen molar-refractivity contribution >= 4 is 0 Å². The molecule has 2 aliphatic heterocycles. The van der Waals surface area contributed by atoms with Gasteiger partial charge in [0.15, 0.2) is 12.6 Å². The average Bonchev–Trinajstić information content (AvgIpc) is 2.73. The van der Waals surface area contributed by atoms with Crippen molar-refractivity contribution in [3.8, 4) is 0 Å². The fourth-order valence-corrected chi connectivity index (χ4v) is 2.52. The third-order valence-corrected chi connectivity index (χ3v) is 4.16. The van der Waals surface area contributed by atoms with Crippen molar-refractivity contribution in [2.24, 2.45) is 0 Å². The molecule has 2 rings (SSSR count). The summed E-state index contributed by atoms with van der Waals surface area (Å²) in [6, 6.07) is 0. The topological polar surface area (TPSA) is 219 Å². The lowest BCUT2D eigenvalue weighted by molar-refractivity contribution is -0.294. The maximum Gasteiger partial charge on any atom is 0.186 e. The molecule has 0 amide bonds. The Morgan fingerprint density at radius 3 is 1.07 bits per heavy atom. The van der Waals surface area contributed by atoms with E-state index in [0.29, 0.717) is 0 Å². The first-order valence-corrected chi connectivity index (χ1v) is 8.34. The number of ether oxygens (including phenoxy) is 4. The van der Waals surface area contributed by atoms with Gasteiger partial charge in [-0.15, -0.1) is 0 Å². The highest BCUT2D eigenvalue weighted by Gasteiger charge is 2.44. The minimum atomic E-state index is -1.36. The first-order chi connectivity index (χ1) is 13.2. The third kappa shape index (κ3) is 6.77. The fourth-order valence-electron chi connectivity index (χ4n) is 2.52. The zero-order valence-electron chi connectivity index (χ0n) is 15.8. The summed E-state index contributed by atoms with van der Waals surface area (Å²) < 4.78 is 19.3. The van der Waals surface area contributed by atoms with Crippen LogP contribution in [0.1, 0.15) is 0 Å². The van der Waals surface area contributed by atoms with Crippen LogP contribution >= 0.6 is 0 Å². The molecule has 13 nitrogen and oxygen atoms in total. The molecule has 13 heteroatoms. The average molecular weight is 420 g/mol. The van der Waals surface area contributed by atoms with Crippen molar-refractivity contribution in [1.82, 2.24) is 0 Å². The molecule has 2 heterocycles. The summed E-state index contributed by atoms with van der Waals surface area (Å²) in [5.41, 5.74) is 0. The van der Waals surface area contributed by atoms with Crippen LogP contribution < -0.4 is 0 Å². The second-order valence-electron chi connectivity index (χ2n) is 5.87. The zero-order valence-corrected chi connectivity index (χ0v) is 15.8. The zero-order chi connectivity index (χ0) is 22.0. The summed E-state index contributed by atoms with van der Waals surface area (Å²) >= 11 is 0. The van der Waals surface area contributed by atoms with Crippen LogP contribution in [0.3, 0.4) is 0 Å². The predicted molar refractivity (Wildman–Crippen MR) is 89.7 cm³/mol. The van der Waals surface area contributed by atoms with Crippen molar-refractivity contribution in [2.75, 3.05) is 34.5 Å². The van der Waals surface area contributed by atoms with Gasteiger partial charge < -0.3 is 64.9 Å². The number of hydrogen-bond donors (Lipinski definition) is 9. The number of aliphatic hydroxyl groups is 9. The molecule has 2 saturated heterocycles. The number of aliphatic hydroxyl groups excluding tert-OH is 9. The van der Waals surface area contributed by atoms with Crippen LogP contribution in [0.4, 0.5) is 0 Å². The first-order valence-electron chi connectivity index (χ1n) is 8.34. The SMILES string of the molecule is CO.COC1OC(CO)C(O)C(O)C1O.COC1OC(CO)C(O)C(O)C1O.